The van der Waals surface area contributed by atoms with E-state index in [1.165, 1.54) is 10.9 Å². The highest BCUT2D eigenvalue weighted by molar-refractivity contribution is 7.72. The van der Waals surface area contributed by atoms with E-state index in [0.717, 1.165) is 5.56 Å². The van der Waals surface area contributed by atoms with Crippen LogP contribution in [0.1, 0.15) is 31.2 Å². The summed E-state index contributed by atoms with van der Waals surface area (Å²) in [5, 5.41) is 24.3. The van der Waals surface area contributed by atoms with Gasteiger partial charge in [0.15, 0.2) is 23.2 Å². The summed E-state index contributed by atoms with van der Waals surface area (Å²) in [5.41, 5.74) is 1.57. The molecule has 0 spiro atoms. The van der Waals surface area contributed by atoms with Crippen molar-refractivity contribution in [2.75, 3.05) is 17.4 Å². The second-order valence-corrected chi connectivity index (χ2v) is 13.6. The van der Waals surface area contributed by atoms with Crippen molar-refractivity contribution >= 4 is 43.5 Å². The molecule has 6 N–H and O–H groups in total. The molecule has 0 saturated carbocycles. The molecule has 1 aliphatic rings. The van der Waals surface area contributed by atoms with Crippen LogP contribution < -0.4 is 5.32 Å². The molecule has 196 valence electrons. The SMILES string of the molecule is C[C@H](Nc1nc(Cl)nc2c1ncn2[C@@H]1O[C@H](CCP(=O)(O)CP(=O)(O)O)C(O)C1O)c1ccccc1. The third kappa shape index (κ3) is 6.13. The van der Waals surface area contributed by atoms with Gasteiger partial charge in [-0.05, 0) is 30.5 Å². The molecule has 0 amide bonds. The van der Waals surface area contributed by atoms with Crippen molar-refractivity contribution in [3.63, 3.8) is 0 Å². The summed E-state index contributed by atoms with van der Waals surface area (Å²) in [6, 6.07) is 9.48. The first-order valence-corrected chi connectivity index (χ1v) is 15.1. The third-order valence-corrected chi connectivity index (χ3v) is 10.2. The van der Waals surface area contributed by atoms with Gasteiger partial charge in [-0.1, -0.05) is 30.3 Å². The van der Waals surface area contributed by atoms with E-state index in [1.807, 2.05) is 37.3 Å². The molecule has 3 aromatic rings. The van der Waals surface area contributed by atoms with Gasteiger partial charge in [0.2, 0.25) is 12.7 Å². The summed E-state index contributed by atoms with van der Waals surface area (Å²) in [5.74, 6) is -0.823. The van der Waals surface area contributed by atoms with Gasteiger partial charge in [0, 0.05) is 6.16 Å². The van der Waals surface area contributed by atoms with Crippen LogP contribution in [0.25, 0.3) is 11.2 Å². The topological polar surface area (TPSA) is 200 Å². The maximum absolute atomic E-state index is 12.1. The fourth-order valence-corrected chi connectivity index (χ4v) is 7.78. The van der Waals surface area contributed by atoms with Crippen molar-refractivity contribution in [3.05, 3.63) is 47.5 Å². The average Bonchev–Trinajstić information content (AvgIpc) is 3.32. The van der Waals surface area contributed by atoms with Gasteiger partial charge in [0.1, 0.15) is 18.1 Å². The minimum absolute atomic E-state index is 0.0877. The number of rotatable bonds is 9. The van der Waals surface area contributed by atoms with Gasteiger partial charge in [0.25, 0.3) is 0 Å². The molecule has 0 bridgehead atoms. The highest BCUT2D eigenvalue weighted by Crippen LogP contribution is 2.55. The Morgan fingerprint density at radius 1 is 1.14 bits per heavy atom. The zero-order valence-corrected chi connectivity index (χ0v) is 21.5. The quantitative estimate of drug-likeness (QED) is 0.164. The molecule has 16 heteroatoms. The van der Waals surface area contributed by atoms with Crippen molar-refractivity contribution in [3.8, 4) is 0 Å². The Kier molecular flexibility index (Phi) is 7.87. The number of fused-ring (bicyclic) bond motifs is 1. The first-order valence-electron chi connectivity index (χ1n) is 10.9. The van der Waals surface area contributed by atoms with Crippen LogP contribution in [0.3, 0.4) is 0 Å². The number of nitrogens with zero attached hydrogens (tertiary/aromatic N) is 4. The predicted molar refractivity (Wildman–Crippen MR) is 131 cm³/mol. The van der Waals surface area contributed by atoms with Crippen molar-refractivity contribution in [2.24, 2.45) is 0 Å². The van der Waals surface area contributed by atoms with Crippen molar-refractivity contribution in [1.82, 2.24) is 19.5 Å². The first-order chi connectivity index (χ1) is 16.8. The molecule has 3 unspecified atom stereocenters. The Bertz CT molecular complexity index is 1320. The van der Waals surface area contributed by atoms with Crippen molar-refractivity contribution in [2.45, 2.75) is 43.9 Å². The molecule has 4 rings (SSSR count). The largest absolute Gasteiger partial charge is 0.388 e. The molecule has 3 heterocycles. The Balaban J connectivity index is 1.55. The smallest absolute Gasteiger partial charge is 0.335 e. The standard InChI is InChI=1S/C20H26ClN5O8P2/c1-11(12-5-3-2-4-6-12)23-17-14-18(25-20(21)24-17)26(9-22-14)19-16(28)15(27)13(34-19)7-8-35(29,30)10-36(31,32)33/h2-6,9,11,13,15-16,19,27-28H,7-8,10H2,1H3,(H,29,30)(H,23,24,25)(H2,31,32,33)/t11-,13+,15?,16?,19+/m0/s1. The van der Waals surface area contributed by atoms with E-state index in [1.54, 1.807) is 0 Å². The van der Waals surface area contributed by atoms with Gasteiger partial charge < -0.3 is 34.9 Å². The summed E-state index contributed by atoms with van der Waals surface area (Å²) in [4.78, 5) is 40.6. The van der Waals surface area contributed by atoms with Gasteiger partial charge in [-0.25, -0.2) is 4.98 Å². The molecular formula is C20H26ClN5O8P2. The number of ether oxygens (including phenoxy) is 1. The average molecular weight is 562 g/mol. The number of hydrogen-bond acceptors (Lipinski definition) is 9. The van der Waals surface area contributed by atoms with Crippen LogP contribution in [0.2, 0.25) is 5.28 Å². The minimum atomic E-state index is -4.71. The molecule has 2 aromatic heterocycles. The van der Waals surface area contributed by atoms with Gasteiger partial charge in [-0.15, -0.1) is 0 Å². The molecule has 1 aliphatic heterocycles. The zero-order chi connectivity index (χ0) is 26.3. The van der Waals surface area contributed by atoms with Crippen LogP contribution in [0, 0.1) is 0 Å². The number of halogens is 1. The molecule has 13 nitrogen and oxygen atoms in total. The molecule has 1 fully saturated rings. The summed E-state index contributed by atoms with van der Waals surface area (Å²) in [6.07, 6.45) is -4.48. The molecule has 0 radical (unpaired) electrons. The lowest BCUT2D eigenvalue weighted by molar-refractivity contribution is -0.0354. The van der Waals surface area contributed by atoms with Crippen molar-refractivity contribution < 1.29 is 38.8 Å². The monoisotopic (exact) mass is 561 g/mol. The second kappa shape index (κ2) is 10.4. The van der Waals surface area contributed by atoms with E-state index in [9.17, 15) is 24.2 Å². The van der Waals surface area contributed by atoms with Crippen LogP contribution in [0.4, 0.5) is 5.82 Å². The maximum Gasteiger partial charge on any atom is 0.335 e. The number of benzene rings is 1. The lowest BCUT2D eigenvalue weighted by Gasteiger charge is -2.18. The number of nitrogens with one attached hydrogen (secondary N) is 1. The number of anilines is 1. The van der Waals surface area contributed by atoms with E-state index < -0.39 is 51.6 Å². The predicted octanol–water partition coefficient (Wildman–Crippen LogP) is 2.07. The number of hydrogen-bond donors (Lipinski definition) is 6. The fourth-order valence-electron chi connectivity index (χ4n) is 4.09. The highest BCUT2D eigenvalue weighted by Gasteiger charge is 2.45. The highest BCUT2D eigenvalue weighted by atomic mass is 35.5. The second-order valence-electron chi connectivity index (χ2n) is 8.65. The van der Waals surface area contributed by atoms with Crippen LogP contribution >= 0.6 is 26.6 Å². The van der Waals surface area contributed by atoms with Gasteiger partial charge in [0.05, 0.1) is 18.5 Å². The van der Waals surface area contributed by atoms with Crippen LogP contribution in [-0.2, 0) is 13.9 Å². The number of aliphatic hydroxyl groups excluding tert-OH is 2. The molecule has 36 heavy (non-hydrogen) atoms. The lowest BCUT2D eigenvalue weighted by Crippen LogP contribution is -2.32. The minimum Gasteiger partial charge on any atom is -0.388 e. The molecule has 1 aromatic carbocycles. The first kappa shape index (κ1) is 27.1. The summed E-state index contributed by atoms with van der Waals surface area (Å²) < 4.78 is 30.4. The van der Waals surface area contributed by atoms with Gasteiger partial charge in [-0.2, -0.15) is 9.97 Å². The Morgan fingerprint density at radius 2 is 1.83 bits per heavy atom. The van der Waals surface area contributed by atoms with E-state index in [2.05, 4.69) is 20.3 Å². The molecule has 1 saturated heterocycles. The molecule has 0 aliphatic carbocycles. The summed E-state index contributed by atoms with van der Waals surface area (Å²) in [7, 11) is -8.89. The number of aromatic nitrogens is 4. The van der Waals surface area contributed by atoms with Crippen LogP contribution in [0.15, 0.2) is 36.7 Å². The Labute approximate surface area is 210 Å². The van der Waals surface area contributed by atoms with E-state index >= 15 is 0 Å². The summed E-state index contributed by atoms with van der Waals surface area (Å²) in [6.45, 7) is 1.94. The Hall–Kier alpha value is -1.92. The lowest BCUT2D eigenvalue weighted by atomic mass is 10.1. The van der Waals surface area contributed by atoms with E-state index in [4.69, 9.17) is 26.1 Å². The van der Waals surface area contributed by atoms with Crippen LogP contribution in [0.5, 0.6) is 0 Å². The zero-order valence-electron chi connectivity index (χ0n) is 19.0. The van der Waals surface area contributed by atoms with E-state index in [-0.39, 0.29) is 23.4 Å². The Morgan fingerprint density at radius 3 is 2.50 bits per heavy atom. The van der Waals surface area contributed by atoms with Crippen LogP contribution in [-0.4, -0.2) is 74.8 Å². The van der Waals surface area contributed by atoms with Crippen molar-refractivity contribution in [1.29, 1.82) is 0 Å². The van der Waals surface area contributed by atoms with Gasteiger partial charge in [-0.3, -0.25) is 13.7 Å². The maximum atomic E-state index is 12.1. The van der Waals surface area contributed by atoms with E-state index in [0.29, 0.717) is 11.3 Å². The molecule has 6 atom stereocenters. The summed E-state index contributed by atoms with van der Waals surface area (Å²) >= 11 is 6.16. The molecular weight excluding hydrogens is 536 g/mol. The third-order valence-electron chi connectivity index (χ3n) is 5.83. The van der Waals surface area contributed by atoms with Gasteiger partial charge >= 0.3 is 7.60 Å². The number of aliphatic hydroxyl groups is 2. The normalized spacial score (nSPS) is 25.1. The number of imidazole rings is 1. The fraction of sp³-hybridized carbons (Fsp3) is 0.450.